The molecule has 2 N–H and O–H groups in total. The fraction of sp³-hybridized carbons (Fsp3) is 0.400. The van der Waals surface area contributed by atoms with Crippen LogP contribution in [0.4, 0.5) is 4.79 Å². The molecule has 0 spiro atoms. The van der Waals surface area contributed by atoms with Crippen LogP contribution in [0.1, 0.15) is 6.92 Å². The van der Waals surface area contributed by atoms with Crippen LogP contribution in [0.25, 0.3) is 0 Å². The van der Waals surface area contributed by atoms with Crippen LogP contribution in [0.15, 0.2) is 0 Å². The van der Waals surface area contributed by atoms with Crippen LogP contribution in [0, 0.1) is 0 Å². The Morgan fingerprint density at radius 1 is 1.36 bits per heavy atom. The zero-order valence-electron chi connectivity index (χ0n) is 6.13. The van der Waals surface area contributed by atoms with Crippen molar-refractivity contribution in [3.63, 3.8) is 0 Å². The second-order valence-electron chi connectivity index (χ2n) is 1.63. The van der Waals surface area contributed by atoms with Gasteiger partial charge in [0, 0.05) is 6.92 Å². The van der Waals surface area contributed by atoms with E-state index in [0.717, 1.165) is 0 Å². The molecule has 62 valence electrons. The lowest BCUT2D eigenvalue weighted by Crippen LogP contribution is -2.41. The fourth-order valence-corrected chi connectivity index (χ4v) is 0.562. The van der Waals surface area contributed by atoms with Gasteiger partial charge in [0.05, 0.1) is 7.11 Å². The number of carbonyl (C=O) groups excluding carboxylic acids is 2. The van der Waals surface area contributed by atoms with Crippen molar-refractivity contribution in [1.29, 1.82) is 0 Å². The zero-order chi connectivity index (χ0) is 8.85. The fourth-order valence-electron chi connectivity index (χ4n) is 0.335. The van der Waals surface area contributed by atoms with Crippen molar-refractivity contribution in [2.24, 2.45) is 0 Å². The molecule has 0 aromatic rings. The first-order valence-corrected chi connectivity index (χ1v) is 3.13. The van der Waals surface area contributed by atoms with Gasteiger partial charge >= 0.3 is 6.09 Å². The van der Waals surface area contributed by atoms with E-state index in [9.17, 15) is 9.59 Å². The van der Waals surface area contributed by atoms with E-state index >= 15 is 0 Å². The Kier molecular flexibility index (Phi) is 4.12. The van der Waals surface area contributed by atoms with Crippen molar-refractivity contribution in [2.75, 3.05) is 7.11 Å². The summed E-state index contributed by atoms with van der Waals surface area (Å²) in [7, 11) is 1.20. The minimum absolute atomic E-state index is 0.0654. The molecular weight excluding hydrogens is 168 g/mol. The third kappa shape index (κ3) is 5.28. The van der Waals surface area contributed by atoms with Gasteiger partial charge in [-0.1, -0.05) is 0 Å². The van der Waals surface area contributed by atoms with Gasteiger partial charge in [-0.15, -0.1) is 0 Å². The number of thiocarbonyl (C=S) groups is 1. The van der Waals surface area contributed by atoms with Crippen molar-refractivity contribution in [1.82, 2.24) is 10.6 Å². The summed E-state index contributed by atoms with van der Waals surface area (Å²) >= 11 is 4.53. The quantitative estimate of drug-likeness (QED) is 0.500. The van der Waals surface area contributed by atoms with E-state index < -0.39 is 6.09 Å². The standard InChI is InChI=1S/C5H8N2O3S/c1-3(8)6-4(11)7-5(9)10-2/h1-2H3,(H2,6,7,8,9,11). The highest BCUT2D eigenvalue weighted by atomic mass is 32.1. The van der Waals surface area contributed by atoms with Gasteiger partial charge < -0.3 is 10.1 Å². The monoisotopic (exact) mass is 176 g/mol. The SMILES string of the molecule is COC(=O)NC(=S)NC(C)=O. The lowest BCUT2D eigenvalue weighted by Gasteiger charge is -2.03. The molecule has 0 aliphatic rings. The maximum Gasteiger partial charge on any atom is 0.413 e. The molecule has 0 aliphatic heterocycles. The number of methoxy groups -OCH3 is 1. The molecule has 11 heavy (non-hydrogen) atoms. The maximum absolute atomic E-state index is 10.4. The van der Waals surface area contributed by atoms with Crippen LogP contribution >= 0.6 is 12.2 Å². The number of carbonyl (C=O) groups is 2. The highest BCUT2D eigenvalue weighted by Crippen LogP contribution is 1.72. The Labute approximate surface area is 69.1 Å². The van der Waals surface area contributed by atoms with Crippen LogP contribution < -0.4 is 10.6 Å². The molecule has 0 bridgehead atoms. The third-order valence-corrected chi connectivity index (χ3v) is 0.895. The van der Waals surface area contributed by atoms with Crippen molar-refractivity contribution >= 4 is 29.3 Å². The van der Waals surface area contributed by atoms with Gasteiger partial charge in [0.2, 0.25) is 5.91 Å². The Bertz CT molecular complexity index is 192. The predicted octanol–water partition coefficient (Wildman–Crippen LogP) is -0.237. The van der Waals surface area contributed by atoms with E-state index in [1.165, 1.54) is 14.0 Å². The molecule has 0 fully saturated rings. The van der Waals surface area contributed by atoms with Gasteiger partial charge in [0.25, 0.3) is 0 Å². The van der Waals surface area contributed by atoms with Crippen LogP contribution in [0.3, 0.4) is 0 Å². The molecule has 5 nitrogen and oxygen atoms in total. The Morgan fingerprint density at radius 3 is 2.27 bits per heavy atom. The molecule has 0 saturated carbocycles. The maximum atomic E-state index is 10.4. The van der Waals surface area contributed by atoms with E-state index in [2.05, 4.69) is 27.6 Å². The van der Waals surface area contributed by atoms with Crippen molar-refractivity contribution in [2.45, 2.75) is 6.92 Å². The summed E-state index contributed by atoms with van der Waals surface area (Å²) in [6.07, 6.45) is -0.705. The molecule has 0 saturated heterocycles. The summed E-state index contributed by atoms with van der Waals surface area (Å²) in [5.74, 6) is -0.341. The summed E-state index contributed by atoms with van der Waals surface area (Å²) in [4.78, 5) is 20.8. The van der Waals surface area contributed by atoms with Crippen LogP contribution in [-0.2, 0) is 9.53 Å². The van der Waals surface area contributed by atoms with Gasteiger partial charge in [0.15, 0.2) is 5.11 Å². The molecule has 0 aliphatic carbocycles. The first-order chi connectivity index (χ1) is 5.06. The number of alkyl carbamates (subject to hydrolysis) is 1. The molecule has 0 aromatic carbocycles. The van der Waals surface area contributed by atoms with Crippen molar-refractivity contribution in [3.05, 3.63) is 0 Å². The predicted molar refractivity (Wildman–Crippen MR) is 42.0 cm³/mol. The van der Waals surface area contributed by atoms with E-state index in [4.69, 9.17) is 0 Å². The van der Waals surface area contributed by atoms with Crippen molar-refractivity contribution < 1.29 is 14.3 Å². The molecule has 0 atom stereocenters. The number of rotatable bonds is 0. The van der Waals surface area contributed by atoms with Crippen molar-refractivity contribution in [3.8, 4) is 0 Å². The number of amides is 2. The lowest BCUT2D eigenvalue weighted by molar-refractivity contribution is -0.117. The highest BCUT2D eigenvalue weighted by Gasteiger charge is 2.02. The van der Waals surface area contributed by atoms with Crippen LogP contribution in [0.5, 0.6) is 0 Å². The number of ether oxygens (including phenoxy) is 1. The molecule has 0 radical (unpaired) electrons. The summed E-state index contributed by atoms with van der Waals surface area (Å²) in [5.41, 5.74) is 0. The minimum Gasteiger partial charge on any atom is -0.453 e. The summed E-state index contributed by atoms with van der Waals surface area (Å²) in [5, 5.41) is 4.22. The normalized spacial score (nSPS) is 8.18. The van der Waals surface area contributed by atoms with E-state index in [0.29, 0.717) is 0 Å². The van der Waals surface area contributed by atoms with Crippen LogP contribution in [-0.4, -0.2) is 24.2 Å². The molecule has 0 aromatic heterocycles. The summed E-state index contributed by atoms with van der Waals surface area (Å²) < 4.78 is 4.21. The second-order valence-corrected chi connectivity index (χ2v) is 2.04. The Morgan fingerprint density at radius 2 is 1.91 bits per heavy atom. The smallest absolute Gasteiger partial charge is 0.413 e. The average Bonchev–Trinajstić information content (AvgIpc) is 1.85. The first-order valence-electron chi connectivity index (χ1n) is 2.72. The first kappa shape index (κ1) is 9.83. The van der Waals surface area contributed by atoms with Gasteiger partial charge in [-0.25, -0.2) is 4.79 Å². The van der Waals surface area contributed by atoms with E-state index in [-0.39, 0.29) is 11.0 Å². The zero-order valence-corrected chi connectivity index (χ0v) is 6.95. The molecule has 0 rings (SSSR count). The molecule has 0 unspecified atom stereocenters. The molecule has 6 heteroatoms. The van der Waals surface area contributed by atoms with Gasteiger partial charge in [-0.2, -0.15) is 0 Å². The van der Waals surface area contributed by atoms with Gasteiger partial charge in [-0.05, 0) is 12.2 Å². The lowest BCUT2D eigenvalue weighted by atomic mass is 10.7. The largest absolute Gasteiger partial charge is 0.453 e. The molecule has 2 amide bonds. The van der Waals surface area contributed by atoms with E-state index in [1.807, 2.05) is 0 Å². The molecule has 0 heterocycles. The summed E-state index contributed by atoms with van der Waals surface area (Å²) in [6.45, 7) is 1.28. The topological polar surface area (TPSA) is 67.4 Å². The Hall–Kier alpha value is -1.17. The average molecular weight is 176 g/mol. The van der Waals surface area contributed by atoms with Crippen LogP contribution in [0.2, 0.25) is 0 Å². The molecular formula is C5H8N2O3S. The third-order valence-electron chi connectivity index (χ3n) is 0.691. The van der Waals surface area contributed by atoms with E-state index in [1.54, 1.807) is 0 Å². The highest BCUT2D eigenvalue weighted by molar-refractivity contribution is 7.80. The number of nitrogens with one attached hydrogen (secondary N) is 2. The van der Waals surface area contributed by atoms with Gasteiger partial charge in [0.1, 0.15) is 0 Å². The van der Waals surface area contributed by atoms with Gasteiger partial charge in [-0.3, -0.25) is 10.1 Å². The minimum atomic E-state index is -0.705. The number of hydrogen-bond donors (Lipinski definition) is 2. The second kappa shape index (κ2) is 4.62. The summed E-state index contributed by atoms with van der Waals surface area (Å²) in [6, 6.07) is 0. The number of hydrogen-bond acceptors (Lipinski definition) is 4. The Balaban J connectivity index is 3.70.